The van der Waals surface area contributed by atoms with Crippen LogP contribution < -0.4 is 10.2 Å². The van der Waals surface area contributed by atoms with Gasteiger partial charge in [-0.25, -0.2) is 5.43 Å². The van der Waals surface area contributed by atoms with Gasteiger partial charge in [0.2, 0.25) is 0 Å². The Kier molecular flexibility index (Phi) is 6.24. The van der Waals surface area contributed by atoms with E-state index in [2.05, 4.69) is 26.5 Å². The van der Waals surface area contributed by atoms with Gasteiger partial charge in [0.25, 0.3) is 11.6 Å². The minimum atomic E-state index is -0.502. The molecular weight excluding hydrogens is 390 g/mol. The van der Waals surface area contributed by atoms with Crippen molar-refractivity contribution in [1.29, 1.82) is 0 Å². The van der Waals surface area contributed by atoms with Crippen molar-refractivity contribution in [2.75, 3.05) is 6.61 Å². The number of rotatable bonds is 6. The molecular formula is C17H16BrN3O4. The van der Waals surface area contributed by atoms with Crippen LogP contribution in [-0.4, -0.2) is 23.7 Å². The predicted octanol–water partition coefficient (Wildman–Crippen LogP) is 3.50. The maximum absolute atomic E-state index is 11.8. The molecule has 0 unspecified atom stereocenters. The Morgan fingerprint density at radius 2 is 2.08 bits per heavy atom. The van der Waals surface area contributed by atoms with Crippen molar-refractivity contribution < 1.29 is 14.5 Å². The van der Waals surface area contributed by atoms with Gasteiger partial charge >= 0.3 is 0 Å². The summed E-state index contributed by atoms with van der Waals surface area (Å²) in [5, 5.41) is 14.7. The zero-order valence-electron chi connectivity index (χ0n) is 13.7. The normalized spacial score (nSPS) is 10.7. The molecule has 0 aromatic heterocycles. The third-order valence-corrected chi connectivity index (χ3v) is 3.94. The number of nitrogens with zero attached hydrogens (tertiary/aromatic N) is 2. The lowest BCUT2D eigenvalue weighted by Crippen LogP contribution is -2.24. The van der Waals surface area contributed by atoms with Gasteiger partial charge in [-0.2, -0.15) is 5.10 Å². The maximum Gasteiger partial charge on any atom is 0.284 e. The Morgan fingerprint density at radius 3 is 2.80 bits per heavy atom. The summed E-state index contributed by atoms with van der Waals surface area (Å²) in [5.41, 5.74) is 4.71. The van der Waals surface area contributed by atoms with Crippen LogP contribution in [0.1, 0.15) is 16.7 Å². The van der Waals surface area contributed by atoms with Crippen LogP contribution in [0, 0.1) is 24.0 Å². The molecule has 0 aliphatic rings. The van der Waals surface area contributed by atoms with Crippen LogP contribution >= 0.6 is 15.9 Å². The summed E-state index contributed by atoms with van der Waals surface area (Å²) >= 11 is 3.10. The average Bonchev–Trinajstić information content (AvgIpc) is 2.57. The number of carbonyl (C=O) groups is 1. The van der Waals surface area contributed by atoms with Gasteiger partial charge < -0.3 is 4.74 Å². The fourth-order valence-electron chi connectivity index (χ4n) is 1.97. The summed E-state index contributed by atoms with van der Waals surface area (Å²) in [5.74, 6) is 0.214. The minimum Gasteiger partial charge on any atom is -0.483 e. The number of hydrogen-bond acceptors (Lipinski definition) is 5. The second-order valence-corrected chi connectivity index (χ2v) is 6.17. The lowest BCUT2D eigenvalue weighted by atomic mass is 10.1. The maximum atomic E-state index is 11.8. The Morgan fingerprint density at radius 1 is 1.32 bits per heavy atom. The molecule has 0 radical (unpaired) electrons. The molecule has 0 atom stereocenters. The number of nitro groups is 1. The Balaban J connectivity index is 1.91. The smallest absolute Gasteiger partial charge is 0.284 e. The average molecular weight is 406 g/mol. The van der Waals surface area contributed by atoms with Gasteiger partial charge in [0.05, 0.1) is 15.6 Å². The summed E-state index contributed by atoms with van der Waals surface area (Å²) < 4.78 is 5.84. The number of ether oxygens (including phenoxy) is 1. The van der Waals surface area contributed by atoms with Crippen LogP contribution in [0.15, 0.2) is 46.0 Å². The van der Waals surface area contributed by atoms with Gasteiger partial charge in [-0.1, -0.05) is 18.2 Å². The predicted molar refractivity (Wildman–Crippen MR) is 97.9 cm³/mol. The van der Waals surface area contributed by atoms with Gasteiger partial charge in [0.15, 0.2) is 6.61 Å². The van der Waals surface area contributed by atoms with Crippen molar-refractivity contribution >= 4 is 33.7 Å². The number of amides is 1. The number of benzene rings is 2. The molecule has 1 amide bonds. The summed E-state index contributed by atoms with van der Waals surface area (Å²) in [4.78, 5) is 22.1. The van der Waals surface area contributed by atoms with E-state index in [1.807, 2.05) is 32.0 Å². The zero-order valence-corrected chi connectivity index (χ0v) is 15.2. The standard InChI is InChI=1S/C17H16BrN3O4/c1-11-3-4-12(2)16(7-11)25-10-17(22)20-19-9-13-5-6-14(18)15(8-13)21(23)24/h3-9H,10H2,1-2H3,(H,20,22)/b19-9-. The molecule has 0 spiro atoms. The van der Waals surface area contributed by atoms with E-state index >= 15 is 0 Å². The van der Waals surface area contributed by atoms with E-state index in [1.165, 1.54) is 12.3 Å². The van der Waals surface area contributed by atoms with E-state index in [1.54, 1.807) is 12.1 Å². The highest BCUT2D eigenvalue weighted by Gasteiger charge is 2.11. The number of nitro benzene ring substituents is 1. The van der Waals surface area contributed by atoms with E-state index in [0.717, 1.165) is 11.1 Å². The van der Waals surface area contributed by atoms with Crippen molar-refractivity contribution in [3.63, 3.8) is 0 Å². The van der Waals surface area contributed by atoms with Crippen LogP contribution in [0.2, 0.25) is 0 Å². The summed E-state index contributed by atoms with van der Waals surface area (Å²) in [7, 11) is 0. The largest absolute Gasteiger partial charge is 0.483 e. The first-order valence-corrected chi connectivity index (χ1v) is 8.12. The number of hydrogen-bond donors (Lipinski definition) is 1. The lowest BCUT2D eigenvalue weighted by Gasteiger charge is -2.08. The molecule has 2 aromatic rings. The van der Waals surface area contributed by atoms with Crippen LogP contribution in [0.3, 0.4) is 0 Å². The highest BCUT2D eigenvalue weighted by Crippen LogP contribution is 2.24. The molecule has 0 heterocycles. The molecule has 0 aliphatic carbocycles. The Hall–Kier alpha value is -2.74. The lowest BCUT2D eigenvalue weighted by molar-refractivity contribution is -0.385. The third kappa shape index (κ3) is 5.39. The molecule has 25 heavy (non-hydrogen) atoms. The van der Waals surface area contributed by atoms with Crippen molar-refractivity contribution in [2.45, 2.75) is 13.8 Å². The van der Waals surface area contributed by atoms with E-state index < -0.39 is 10.8 Å². The molecule has 0 saturated heterocycles. The molecule has 0 bridgehead atoms. The van der Waals surface area contributed by atoms with E-state index in [-0.39, 0.29) is 12.3 Å². The molecule has 0 aliphatic heterocycles. The van der Waals surface area contributed by atoms with E-state index in [4.69, 9.17) is 4.74 Å². The van der Waals surface area contributed by atoms with Crippen molar-refractivity contribution in [3.05, 3.63) is 67.7 Å². The first-order valence-electron chi connectivity index (χ1n) is 7.32. The first kappa shape index (κ1) is 18.6. The zero-order chi connectivity index (χ0) is 18.4. The summed E-state index contributed by atoms with van der Waals surface area (Å²) in [6, 6.07) is 10.3. The number of hydrazone groups is 1. The van der Waals surface area contributed by atoms with Gasteiger partial charge in [0.1, 0.15) is 5.75 Å². The van der Waals surface area contributed by atoms with Crippen molar-refractivity contribution in [2.24, 2.45) is 5.10 Å². The highest BCUT2D eigenvalue weighted by molar-refractivity contribution is 9.10. The van der Waals surface area contributed by atoms with Gasteiger partial charge in [-0.3, -0.25) is 14.9 Å². The molecule has 0 fully saturated rings. The first-order chi connectivity index (χ1) is 11.9. The van der Waals surface area contributed by atoms with Gasteiger partial charge in [-0.05, 0) is 53.0 Å². The number of halogens is 1. The summed E-state index contributed by atoms with van der Waals surface area (Å²) in [6.45, 7) is 3.65. The summed E-state index contributed by atoms with van der Waals surface area (Å²) in [6.07, 6.45) is 1.33. The van der Waals surface area contributed by atoms with Crippen LogP contribution in [0.4, 0.5) is 5.69 Å². The van der Waals surface area contributed by atoms with Crippen LogP contribution in [-0.2, 0) is 4.79 Å². The molecule has 130 valence electrons. The van der Waals surface area contributed by atoms with Crippen molar-refractivity contribution in [3.8, 4) is 5.75 Å². The topological polar surface area (TPSA) is 93.8 Å². The molecule has 8 heteroatoms. The fraction of sp³-hybridized carbons (Fsp3) is 0.176. The Labute approximate surface area is 153 Å². The van der Waals surface area contributed by atoms with E-state index in [0.29, 0.717) is 15.8 Å². The van der Waals surface area contributed by atoms with Crippen LogP contribution in [0.5, 0.6) is 5.75 Å². The van der Waals surface area contributed by atoms with Crippen LogP contribution in [0.25, 0.3) is 0 Å². The molecule has 2 aromatic carbocycles. The van der Waals surface area contributed by atoms with Gasteiger partial charge in [-0.15, -0.1) is 0 Å². The second kappa shape index (κ2) is 8.39. The number of aryl methyl sites for hydroxylation is 2. The minimum absolute atomic E-state index is 0.0754. The molecule has 0 saturated carbocycles. The number of nitrogens with one attached hydrogen (secondary N) is 1. The third-order valence-electron chi connectivity index (χ3n) is 3.27. The second-order valence-electron chi connectivity index (χ2n) is 5.32. The SMILES string of the molecule is Cc1ccc(C)c(OCC(=O)N/N=C\c2ccc(Br)c([N+](=O)[O-])c2)c1. The monoisotopic (exact) mass is 405 g/mol. The molecule has 1 N–H and O–H groups in total. The Bertz CT molecular complexity index is 837. The van der Waals surface area contributed by atoms with E-state index in [9.17, 15) is 14.9 Å². The molecule has 7 nitrogen and oxygen atoms in total. The number of carbonyl (C=O) groups excluding carboxylic acids is 1. The van der Waals surface area contributed by atoms with Gasteiger partial charge in [0, 0.05) is 11.6 Å². The molecule has 2 rings (SSSR count). The fourth-order valence-corrected chi connectivity index (χ4v) is 2.36. The highest BCUT2D eigenvalue weighted by atomic mass is 79.9. The quantitative estimate of drug-likeness (QED) is 0.451. The van der Waals surface area contributed by atoms with Crippen molar-refractivity contribution in [1.82, 2.24) is 5.43 Å².